The first-order chi connectivity index (χ1) is 9.38. The number of hydrogen-bond acceptors (Lipinski definition) is 3. The highest BCUT2D eigenvalue weighted by molar-refractivity contribution is 6.06. The summed E-state index contributed by atoms with van der Waals surface area (Å²) in [4.78, 5) is 14.0. The van der Waals surface area contributed by atoms with Crippen molar-refractivity contribution < 1.29 is 9.90 Å². The van der Waals surface area contributed by atoms with Gasteiger partial charge in [-0.05, 0) is 55.3 Å². The molecular weight excluding hydrogens is 252 g/mol. The maximum Gasteiger partial charge on any atom is 0.258 e. The first kappa shape index (κ1) is 13.9. The second-order valence-electron chi connectivity index (χ2n) is 4.98. The summed E-state index contributed by atoms with van der Waals surface area (Å²) in [5, 5.41) is 9.59. The zero-order valence-corrected chi connectivity index (χ0v) is 11.8. The minimum atomic E-state index is -0.190. The third-order valence-corrected chi connectivity index (χ3v) is 3.18. The van der Waals surface area contributed by atoms with Gasteiger partial charge in [0.15, 0.2) is 0 Å². The molecule has 0 aliphatic rings. The SMILES string of the molecule is Cc1cc(C)cc(N(C)C(=O)c2ccc(N)c(O)c2)c1. The Kier molecular flexibility index (Phi) is 3.66. The fourth-order valence-corrected chi connectivity index (χ4v) is 2.13. The van der Waals surface area contributed by atoms with Crippen molar-refractivity contribution in [1.29, 1.82) is 0 Å². The van der Waals surface area contributed by atoms with Gasteiger partial charge in [-0.25, -0.2) is 0 Å². The molecule has 0 fully saturated rings. The lowest BCUT2D eigenvalue weighted by atomic mass is 10.1. The number of amides is 1. The molecule has 0 bridgehead atoms. The summed E-state index contributed by atoms with van der Waals surface area (Å²) < 4.78 is 0. The molecule has 2 rings (SSSR count). The number of nitrogens with two attached hydrogens (primary N) is 1. The van der Waals surface area contributed by atoms with Crippen LogP contribution >= 0.6 is 0 Å². The van der Waals surface area contributed by atoms with Gasteiger partial charge in [-0.1, -0.05) is 6.07 Å². The van der Waals surface area contributed by atoms with Crippen molar-refractivity contribution in [3.8, 4) is 5.75 Å². The first-order valence-electron chi connectivity index (χ1n) is 6.33. The van der Waals surface area contributed by atoms with Gasteiger partial charge >= 0.3 is 0 Å². The molecular formula is C16H18N2O2. The predicted octanol–water partition coefficient (Wildman–Crippen LogP) is 2.87. The number of phenols is 1. The summed E-state index contributed by atoms with van der Waals surface area (Å²) in [7, 11) is 1.71. The lowest BCUT2D eigenvalue weighted by Gasteiger charge is -2.19. The lowest BCUT2D eigenvalue weighted by Crippen LogP contribution is -2.26. The van der Waals surface area contributed by atoms with Crippen LogP contribution in [0.15, 0.2) is 36.4 Å². The normalized spacial score (nSPS) is 10.3. The Balaban J connectivity index is 2.34. The van der Waals surface area contributed by atoms with E-state index in [4.69, 9.17) is 5.73 Å². The van der Waals surface area contributed by atoms with Crippen LogP contribution < -0.4 is 10.6 Å². The third kappa shape index (κ3) is 2.74. The average molecular weight is 270 g/mol. The van der Waals surface area contributed by atoms with Gasteiger partial charge in [-0.15, -0.1) is 0 Å². The van der Waals surface area contributed by atoms with Crippen LogP contribution in [0.2, 0.25) is 0 Å². The van der Waals surface area contributed by atoms with Crippen molar-refractivity contribution in [2.45, 2.75) is 13.8 Å². The number of nitrogen functional groups attached to an aromatic ring is 1. The summed E-state index contributed by atoms with van der Waals surface area (Å²) in [6.07, 6.45) is 0. The van der Waals surface area contributed by atoms with Crippen LogP contribution in [0.4, 0.5) is 11.4 Å². The first-order valence-corrected chi connectivity index (χ1v) is 6.33. The Bertz CT molecular complexity index is 645. The van der Waals surface area contributed by atoms with Gasteiger partial charge < -0.3 is 15.7 Å². The second kappa shape index (κ2) is 5.25. The van der Waals surface area contributed by atoms with E-state index in [2.05, 4.69) is 6.07 Å². The molecule has 0 atom stereocenters. The van der Waals surface area contributed by atoms with Gasteiger partial charge in [0, 0.05) is 18.3 Å². The smallest absolute Gasteiger partial charge is 0.258 e. The molecule has 0 saturated heterocycles. The van der Waals surface area contributed by atoms with E-state index in [0.29, 0.717) is 5.56 Å². The Morgan fingerprint density at radius 2 is 1.70 bits per heavy atom. The molecule has 1 amide bonds. The molecule has 104 valence electrons. The number of nitrogens with zero attached hydrogens (tertiary/aromatic N) is 1. The number of hydrogen-bond donors (Lipinski definition) is 2. The molecule has 4 nitrogen and oxygen atoms in total. The summed E-state index contributed by atoms with van der Waals surface area (Å²) in [5.41, 5.74) is 9.22. The highest BCUT2D eigenvalue weighted by Crippen LogP contribution is 2.24. The van der Waals surface area contributed by atoms with Crippen LogP contribution in [0.5, 0.6) is 5.75 Å². The van der Waals surface area contributed by atoms with Crippen molar-refractivity contribution in [3.05, 3.63) is 53.1 Å². The third-order valence-electron chi connectivity index (χ3n) is 3.18. The van der Waals surface area contributed by atoms with Crippen molar-refractivity contribution in [2.75, 3.05) is 17.7 Å². The number of rotatable bonds is 2. The fraction of sp³-hybridized carbons (Fsp3) is 0.188. The highest BCUT2D eigenvalue weighted by Gasteiger charge is 2.15. The van der Waals surface area contributed by atoms with Crippen molar-refractivity contribution in [3.63, 3.8) is 0 Å². The fourth-order valence-electron chi connectivity index (χ4n) is 2.13. The lowest BCUT2D eigenvalue weighted by molar-refractivity contribution is 0.0992. The van der Waals surface area contributed by atoms with Gasteiger partial charge in [0.1, 0.15) is 5.75 Å². The van der Waals surface area contributed by atoms with E-state index >= 15 is 0 Å². The minimum absolute atomic E-state index is 0.0790. The molecule has 0 aromatic heterocycles. The Hall–Kier alpha value is -2.49. The molecule has 2 aromatic carbocycles. The Morgan fingerprint density at radius 3 is 2.25 bits per heavy atom. The molecule has 0 aliphatic heterocycles. The number of aryl methyl sites for hydroxylation is 2. The van der Waals surface area contributed by atoms with E-state index in [-0.39, 0.29) is 17.3 Å². The number of anilines is 2. The zero-order valence-electron chi connectivity index (χ0n) is 11.8. The molecule has 2 aromatic rings. The van der Waals surface area contributed by atoms with E-state index in [0.717, 1.165) is 16.8 Å². The highest BCUT2D eigenvalue weighted by atomic mass is 16.3. The minimum Gasteiger partial charge on any atom is -0.506 e. The van der Waals surface area contributed by atoms with Gasteiger partial charge in [-0.2, -0.15) is 0 Å². The van der Waals surface area contributed by atoms with E-state index in [1.165, 1.54) is 12.1 Å². The molecule has 0 aliphatic carbocycles. The molecule has 0 heterocycles. The van der Waals surface area contributed by atoms with Crippen LogP contribution in [-0.4, -0.2) is 18.1 Å². The number of carbonyl (C=O) groups excluding carboxylic acids is 1. The second-order valence-corrected chi connectivity index (χ2v) is 4.98. The molecule has 4 heteroatoms. The number of carbonyl (C=O) groups is 1. The summed E-state index contributed by atoms with van der Waals surface area (Å²) in [6, 6.07) is 10.5. The van der Waals surface area contributed by atoms with Crippen LogP contribution in [0.1, 0.15) is 21.5 Å². The van der Waals surface area contributed by atoms with Crippen molar-refractivity contribution >= 4 is 17.3 Å². The Labute approximate surface area is 118 Å². The van der Waals surface area contributed by atoms with Gasteiger partial charge in [0.05, 0.1) is 5.69 Å². The topological polar surface area (TPSA) is 66.6 Å². The van der Waals surface area contributed by atoms with Crippen LogP contribution in [-0.2, 0) is 0 Å². The van der Waals surface area contributed by atoms with E-state index in [1.54, 1.807) is 18.0 Å². The summed E-state index contributed by atoms with van der Waals surface area (Å²) >= 11 is 0. The average Bonchev–Trinajstić information content (AvgIpc) is 2.39. The molecule has 0 radical (unpaired) electrons. The molecule has 0 spiro atoms. The van der Waals surface area contributed by atoms with Crippen LogP contribution in [0.25, 0.3) is 0 Å². The number of benzene rings is 2. The maximum absolute atomic E-state index is 12.4. The predicted molar refractivity (Wildman–Crippen MR) is 81.2 cm³/mol. The zero-order chi connectivity index (χ0) is 14.9. The van der Waals surface area contributed by atoms with Gasteiger partial charge in [-0.3, -0.25) is 4.79 Å². The number of aromatic hydroxyl groups is 1. The van der Waals surface area contributed by atoms with Gasteiger partial charge in [0.25, 0.3) is 5.91 Å². The van der Waals surface area contributed by atoms with E-state index in [9.17, 15) is 9.90 Å². The molecule has 20 heavy (non-hydrogen) atoms. The quantitative estimate of drug-likeness (QED) is 0.651. The monoisotopic (exact) mass is 270 g/mol. The van der Waals surface area contributed by atoms with E-state index < -0.39 is 0 Å². The van der Waals surface area contributed by atoms with Crippen LogP contribution in [0.3, 0.4) is 0 Å². The summed E-state index contributed by atoms with van der Waals surface area (Å²) in [5.74, 6) is -0.269. The van der Waals surface area contributed by atoms with Gasteiger partial charge in [0.2, 0.25) is 0 Å². The van der Waals surface area contributed by atoms with Crippen LogP contribution in [0, 0.1) is 13.8 Å². The maximum atomic E-state index is 12.4. The van der Waals surface area contributed by atoms with Crippen molar-refractivity contribution in [2.24, 2.45) is 0 Å². The molecule has 3 N–H and O–H groups in total. The Morgan fingerprint density at radius 1 is 1.10 bits per heavy atom. The van der Waals surface area contributed by atoms with Crippen molar-refractivity contribution in [1.82, 2.24) is 0 Å². The summed E-state index contributed by atoms with van der Waals surface area (Å²) in [6.45, 7) is 3.98. The standard InChI is InChI=1S/C16H18N2O2/c1-10-6-11(2)8-13(7-10)18(3)16(20)12-4-5-14(17)15(19)9-12/h4-9,19H,17H2,1-3H3. The number of phenolic OH excluding ortho intramolecular Hbond substituents is 1. The molecule has 0 unspecified atom stereocenters. The van der Waals surface area contributed by atoms with E-state index in [1.807, 2.05) is 26.0 Å². The largest absolute Gasteiger partial charge is 0.506 e. The molecule has 0 saturated carbocycles.